The summed E-state index contributed by atoms with van der Waals surface area (Å²) < 4.78 is 25.6. The first-order valence-electron chi connectivity index (χ1n) is 7.31. The summed E-state index contributed by atoms with van der Waals surface area (Å²) in [6.07, 6.45) is 2.46. The number of benzene rings is 1. The van der Waals surface area contributed by atoms with E-state index in [1.54, 1.807) is 24.3 Å². The topological polar surface area (TPSA) is 117 Å². The molecular weight excluding hydrogens is 386 g/mol. The molecule has 1 aromatic heterocycles. The fraction of sp³-hybridized carbons (Fsp3) is 0.357. The lowest BCUT2D eigenvalue weighted by molar-refractivity contribution is -0.121. The van der Waals surface area contributed by atoms with Gasteiger partial charge in [-0.2, -0.15) is 5.10 Å². The van der Waals surface area contributed by atoms with Crippen LogP contribution in [0, 0.1) is 0 Å². The fourth-order valence-corrected chi connectivity index (χ4v) is 3.54. The molecule has 8 nitrogen and oxygen atoms in total. The predicted octanol–water partition coefficient (Wildman–Crippen LogP) is 1.35. The molecular formula is C14H18ClN5O3S2. The smallest absolute Gasteiger partial charge is 0.221 e. The van der Waals surface area contributed by atoms with E-state index in [2.05, 4.69) is 25.2 Å². The number of H-pyrrole nitrogens is 1. The molecule has 0 aliphatic heterocycles. The number of rotatable bonds is 9. The molecule has 2 rings (SSSR count). The number of carbonyl (C=O) groups excluding carboxylic acids is 1. The van der Waals surface area contributed by atoms with Crippen LogP contribution in [-0.2, 0) is 14.8 Å². The molecule has 136 valence electrons. The van der Waals surface area contributed by atoms with Gasteiger partial charge in [0.25, 0.3) is 0 Å². The Morgan fingerprint density at radius 3 is 2.68 bits per heavy atom. The van der Waals surface area contributed by atoms with Crippen LogP contribution in [0.1, 0.15) is 18.0 Å². The maximum Gasteiger partial charge on any atom is 0.221 e. The van der Waals surface area contributed by atoms with E-state index in [-0.39, 0.29) is 12.3 Å². The van der Waals surface area contributed by atoms with Gasteiger partial charge in [-0.25, -0.2) is 18.1 Å². The maximum absolute atomic E-state index is 12.1. The zero-order valence-electron chi connectivity index (χ0n) is 13.4. The van der Waals surface area contributed by atoms with Crippen molar-refractivity contribution in [2.75, 3.05) is 18.6 Å². The summed E-state index contributed by atoms with van der Waals surface area (Å²) in [5, 5.41) is 10.4. The average Bonchev–Trinajstić information content (AvgIpc) is 3.04. The van der Waals surface area contributed by atoms with Gasteiger partial charge in [0, 0.05) is 23.7 Å². The summed E-state index contributed by atoms with van der Waals surface area (Å²) >= 11 is 7.28. The minimum Gasteiger partial charge on any atom is -0.355 e. The molecule has 0 radical (unpaired) electrons. The van der Waals surface area contributed by atoms with E-state index in [0.29, 0.717) is 28.0 Å². The summed E-state index contributed by atoms with van der Waals surface area (Å²) in [5.74, 6) is 0.362. The molecule has 1 amide bonds. The van der Waals surface area contributed by atoms with Crippen molar-refractivity contribution in [3.05, 3.63) is 41.2 Å². The highest BCUT2D eigenvalue weighted by atomic mass is 35.5. The molecule has 0 aliphatic carbocycles. The number of carbonyl (C=O) groups is 1. The van der Waals surface area contributed by atoms with Gasteiger partial charge in [0.15, 0.2) is 5.16 Å². The number of halogens is 1. The minimum absolute atomic E-state index is 0.0122. The first-order valence-corrected chi connectivity index (χ1v) is 10.6. The number of hydrogen-bond donors (Lipinski definition) is 3. The van der Waals surface area contributed by atoms with Crippen LogP contribution in [0.15, 0.2) is 35.7 Å². The van der Waals surface area contributed by atoms with Crippen LogP contribution in [0.4, 0.5) is 0 Å². The highest BCUT2D eigenvalue weighted by Crippen LogP contribution is 2.20. The van der Waals surface area contributed by atoms with Gasteiger partial charge in [-0.15, -0.1) is 0 Å². The maximum atomic E-state index is 12.1. The summed E-state index contributed by atoms with van der Waals surface area (Å²) in [4.78, 5) is 16.1. The molecule has 1 atom stereocenters. The van der Waals surface area contributed by atoms with E-state index in [9.17, 15) is 13.2 Å². The molecule has 0 aliphatic rings. The third-order valence-electron chi connectivity index (χ3n) is 3.07. The first kappa shape index (κ1) is 19.7. The zero-order valence-corrected chi connectivity index (χ0v) is 15.8. The number of aromatic amines is 1. The lowest BCUT2D eigenvalue weighted by Crippen LogP contribution is -2.34. The molecule has 0 unspecified atom stereocenters. The van der Waals surface area contributed by atoms with Gasteiger partial charge in [-0.05, 0) is 17.7 Å². The van der Waals surface area contributed by atoms with Crippen molar-refractivity contribution < 1.29 is 13.2 Å². The second-order valence-electron chi connectivity index (χ2n) is 5.19. The lowest BCUT2D eigenvalue weighted by atomic mass is 10.0. The number of amides is 1. The molecule has 11 heteroatoms. The monoisotopic (exact) mass is 403 g/mol. The number of hydrogen-bond acceptors (Lipinski definition) is 6. The van der Waals surface area contributed by atoms with E-state index in [1.165, 1.54) is 18.1 Å². The van der Waals surface area contributed by atoms with Crippen LogP contribution in [-0.4, -0.2) is 48.1 Å². The standard InChI is InChI=1S/C14H18ClN5O3S2/c1-25(22,23)20-12(10-2-4-11(15)5-3-10)8-13(21)16-6-7-24-14-17-9-18-19-14/h2-5,9,12,20H,6-8H2,1H3,(H,16,21)(H,17,18,19)/t12-/m1/s1. The van der Waals surface area contributed by atoms with Crippen LogP contribution in [0.25, 0.3) is 0 Å². The number of sulfonamides is 1. The molecule has 0 fully saturated rings. The quantitative estimate of drug-likeness (QED) is 0.429. The van der Waals surface area contributed by atoms with Crippen LogP contribution in [0.5, 0.6) is 0 Å². The van der Waals surface area contributed by atoms with Crippen LogP contribution in [0.3, 0.4) is 0 Å². The normalized spacial score (nSPS) is 12.7. The number of nitrogens with one attached hydrogen (secondary N) is 3. The van der Waals surface area contributed by atoms with Crippen molar-refractivity contribution in [3.63, 3.8) is 0 Å². The molecule has 2 aromatic rings. The Hall–Kier alpha value is -1.62. The Kier molecular flexibility index (Phi) is 7.24. The van der Waals surface area contributed by atoms with Gasteiger partial charge in [-0.3, -0.25) is 9.89 Å². The molecule has 3 N–H and O–H groups in total. The summed E-state index contributed by atoms with van der Waals surface area (Å²) in [6, 6.07) is 6.03. The third-order valence-corrected chi connectivity index (χ3v) is 4.92. The number of aromatic nitrogens is 3. The third kappa shape index (κ3) is 7.43. The average molecular weight is 404 g/mol. The minimum atomic E-state index is -3.47. The van der Waals surface area contributed by atoms with Crippen LogP contribution < -0.4 is 10.0 Å². The van der Waals surface area contributed by atoms with E-state index in [4.69, 9.17) is 11.6 Å². The summed E-state index contributed by atoms with van der Waals surface area (Å²) in [5.41, 5.74) is 0.668. The van der Waals surface area contributed by atoms with E-state index in [0.717, 1.165) is 6.26 Å². The summed E-state index contributed by atoms with van der Waals surface area (Å²) in [7, 11) is -3.47. The van der Waals surface area contributed by atoms with Crippen LogP contribution >= 0.6 is 23.4 Å². The van der Waals surface area contributed by atoms with Crippen LogP contribution in [0.2, 0.25) is 5.02 Å². The fourth-order valence-electron chi connectivity index (χ4n) is 2.04. The lowest BCUT2D eigenvalue weighted by Gasteiger charge is -2.18. The van der Waals surface area contributed by atoms with E-state index < -0.39 is 16.1 Å². The Balaban J connectivity index is 1.88. The van der Waals surface area contributed by atoms with Gasteiger partial charge in [-0.1, -0.05) is 35.5 Å². The van der Waals surface area contributed by atoms with Crippen molar-refractivity contribution in [2.45, 2.75) is 17.6 Å². The molecule has 25 heavy (non-hydrogen) atoms. The van der Waals surface area contributed by atoms with Crippen molar-refractivity contribution >= 4 is 39.3 Å². The van der Waals surface area contributed by atoms with Crippen molar-refractivity contribution in [1.82, 2.24) is 25.2 Å². The molecule has 0 saturated heterocycles. The van der Waals surface area contributed by atoms with Gasteiger partial charge >= 0.3 is 0 Å². The van der Waals surface area contributed by atoms with E-state index in [1.807, 2.05) is 0 Å². The van der Waals surface area contributed by atoms with Crippen molar-refractivity contribution in [1.29, 1.82) is 0 Å². The van der Waals surface area contributed by atoms with Gasteiger partial charge in [0.2, 0.25) is 15.9 Å². The molecule has 0 bridgehead atoms. The highest BCUT2D eigenvalue weighted by molar-refractivity contribution is 7.99. The first-order chi connectivity index (χ1) is 11.8. The van der Waals surface area contributed by atoms with Gasteiger partial charge in [0.1, 0.15) is 6.33 Å². The largest absolute Gasteiger partial charge is 0.355 e. The summed E-state index contributed by atoms with van der Waals surface area (Å²) in [6.45, 7) is 0.427. The highest BCUT2D eigenvalue weighted by Gasteiger charge is 2.19. The second kappa shape index (κ2) is 9.18. The molecule has 1 aromatic carbocycles. The van der Waals surface area contributed by atoms with Crippen molar-refractivity contribution in [3.8, 4) is 0 Å². The molecule has 0 saturated carbocycles. The predicted molar refractivity (Wildman–Crippen MR) is 96.9 cm³/mol. The Bertz CT molecular complexity index is 781. The van der Waals surface area contributed by atoms with E-state index >= 15 is 0 Å². The Morgan fingerprint density at radius 2 is 2.08 bits per heavy atom. The second-order valence-corrected chi connectivity index (χ2v) is 8.49. The van der Waals surface area contributed by atoms with Crippen molar-refractivity contribution in [2.24, 2.45) is 0 Å². The zero-order chi connectivity index (χ0) is 18.3. The number of thioether (sulfide) groups is 1. The molecule has 0 spiro atoms. The molecule has 1 heterocycles. The van der Waals surface area contributed by atoms with Gasteiger partial charge < -0.3 is 5.32 Å². The Labute approximate surface area is 155 Å². The number of nitrogens with zero attached hydrogens (tertiary/aromatic N) is 2. The van der Waals surface area contributed by atoms with Gasteiger partial charge in [0.05, 0.1) is 12.3 Å². The SMILES string of the molecule is CS(=O)(=O)N[C@H](CC(=O)NCCSc1ncn[nH]1)c1ccc(Cl)cc1. The Morgan fingerprint density at radius 1 is 1.36 bits per heavy atom.